The van der Waals surface area contributed by atoms with Crippen LogP contribution in [0.15, 0.2) is 48.5 Å². The number of Topliss-reactive ketones (excluding diaryl/α,β-unsaturated/α-hetero) is 1. The molecule has 1 aliphatic rings. The predicted molar refractivity (Wildman–Crippen MR) is 211 cm³/mol. The van der Waals surface area contributed by atoms with Crippen molar-refractivity contribution in [1.29, 1.82) is 0 Å². The van der Waals surface area contributed by atoms with Crippen LogP contribution in [0.4, 0.5) is 35.5 Å². The molecule has 0 spiro atoms. The summed E-state index contributed by atoms with van der Waals surface area (Å²) in [7, 11) is 1.99. The summed E-state index contributed by atoms with van der Waals surface area (Å²) in [6.45, 7) is 10.2. The van der Waals surface area contributed by atoms with Crippen molar-refractivity contribution < 1.29 is 41.8 Å². The van der Waals surface area contributed by atoms with Crippen LogP contribution in [-0.2, 0) is 16.1 Å². The van der Waals surface area contributed by atoms with Crippen LogP contribution in [0.1, 0.15) is 82.1 Å². The lowest BCUT2D eigenvalue weighted by Gasteiger charge is -2.36. The highest BCUT2D eigenvalue weighted by atomic mass is 19.4. The number of nitrogens with one attached hydrogen (secondary N) is 4. The van der Waals surface area contributed by atoms with E-state index < -0.39 is 42.4 Å². The molecule has 309 valence electrons. The number of carbonyl (C=O) groups is 3. The summed E-state index contributed by atoms with van der Waals surface area (Å²) in [4.78, 5) is 51.8. The number of alkyl halides is 3. The highest BCUT2D eigenvalue weighted by Crippen LogP contribution is 2.23. The van der Waals surface area contributed by atoms with Crippen molar-refractivity contribution in [3.05, 3.63) is 59.7 Å². The van der Waals surface area contributed by atoms with Crippen LogP contribution in [0.3, 0.4) is 0 Å². The Morgan fingerprint density at radius 2 is 1.63 bits per heavy atom. The molecule has 1 radical (unpaired) electrons. The van der Waals surface area contributed by atoms with Gasteiger partial charge < -0.3 is 40.3 Å². The van der Waals surface area contributed by atoms with Crippen LogP contribution in [0, 0.1) is 5.92 Å². The fraction of sp³-hybridized carbons (Fsp3) is 0.538. The van der Waals surface area contributed by atoms with Crippen LogP contribution in [0.5, 0.6) is 11.8 Å². The Labute approximate surface area is 332 Å². The van der Waals surface area contributed by atoms with Crippen molar-refractivity contribution in [2.24, 2.45) is 5.92 Å². The van der Waals surface area contributed by atoms with E-state index in [4.69, 9.17) is 14.2 Å². The van der Waals surface area contributed by atoms with E-state index in [9.17, 15) is 27.6 Å². The summed E-state index contributed by atoms with van der Waals surface area (Å²) in [6.07, 6.45) is 0.303. The van der Waals surface area contributed by atoms with Gasteiger partial charge in [-0.2, -0.15) is 28.1 Å². The monoisotopic (exact) mass is 797 g/mol. The molecule has 1 aromatic heterocycles. The lowest BCUT2D eigenvalue weighted by atomic mass is 9.83. The molecule has 2 atom stereocenters. The van der Waals surface area contributed by atoms with Gasteiger partial charge in [-0.15, -0.1) is 0 Å². The third-order valence-corrected chi connectivity index (χ3v) is 8.82. The number of halogens is 3. The maximum atomic E-state index is 13.1. The second kappa shape index (κ2) is 21.4. The number of piperidine rings is 1. The van der Waals surface area contributed by atoms with Gasteiger partial charge in [-0.25, -0.2) is 4.79 Å². The molecule has 1 fully saturated rings. The molecular formula is C39H53BF3N8O6. The number of benzene rings is 2. The van der Waals surface area contributed by atoms with Gasteiger partial charge in [0.05, 0.1) is 12.6 Å². The molecule has 1 saturated heterocycles. The maximum Gasteiger partial charge on any atom is 0.422 e. The van der Waals surface area contributed by atoms with Crippen molar-refractivity contribution in [2.45, 2.75) is 97.4 Å². The summed E-state index contributed by atoms with van der Waals surface area (Å²) in [6, 6.07) is 12.5. The Kier molecular flexibility index (Phi) is 16.8. The number of carbonyl (C=O) groups excluding carboxylic acids is 3. The summed E-state index contributed by atoms with van der Waals surface area (Å²) in [5.74, 6) is 0.0582. The van der Waals surface area contributed by atoms with Crippen LogP contribution < -0.4 is 30.7 Å². The Hall–Kier alpha value is -5.13. The predicted octanol–water partition coefficient (Wildman–Crippen LogP) is 6.70. The van der Waals surface area contributed by atoms with Gasteiger partial charge in [-0.3, -0.25) is 9.59 Å². The molecule has 4 N–H and O–H groups in total. The van der Waals surface area contributed by atoms with Gasteiger partial charge in [0.25, 0.3) is 5.91 Å². The lowest BCUT2D eigenvalue weighted by molar-refractivity contribution is -0.154. The standard InChI is InChI=1S/C39H53BF3N8O6/c1-26(52)32(29-11-10-21-51(24-29)40-5)47-33(53)28-14-16-30(17-15-28)46-35-48-34(49-36(50-35)56-25-39(41,42)43)45-23-27-12-18-31(19-13-27)55-22-9-7-6-8-20-44-37(54)57-38(2,3)4/h12-19,29,32H,6-11,20-25H2,1-5H3,(H,44,54)(H,47,53)(H2,45,46,48,49,50). The van der Waals surface area contributed by atoms with Gasteiger partial charge in [-0.05, 0) is 114 Å². The zero-order valence-electron chi connectivity index (χ0n) is 33.2. The zero-order valence-corrected chi connectivity index (χ0v) is 33.2. The second-order valence-electron chi connectivity index (χ2n) is 14.8. The van der Waals surface area contributed by atoms with Crippen molar-refractivity contribution >= 4 is 42.8 Å². The first-order valence-corrected chi connectivity index (χ1v) is 19.2. The lowest BCUT2D eigenvalue weighted by Crippen LogP contribution is -2.51. The number of hydrogen-bond acceptors (Lipinski definition) is 12. The number of aromatic nitrogens is 3. The number of amides is 2. The number of unbranched alkanes of at least 4 members (excludes halogenated alkanes) is 3. The van der Waals surface area contributed by atoms with Crippen molar-refractivity contribution in [3.63, 3.8) is 0 Å². The second-order valence-corrected chi connectivity index (χ2v) is 14.8. The number of anilines is 3. The SMILES string of the molecule is C[B]N1CCCC(C(NC(=O)c2ccc(Nc3nc(NCc4ccc(OCCCCCCNC(=O)OC(C)(C)C)cc4)nc(OCC(F)(F)F)n3)cc2)C(C)=O)C1. The molecule has 4 rings (SSSR count). The van der Waals surface area contributed by atoms with Crippen LogP contribution in [0.25, 0.3) is 0 Å². The summed E-state index contributed by atoms with van der Waals surface area (Å²) < 4.78 is 54.8. The average Bonchev–Trinajstić information content (AvgIpc) is 3.16. The number of ether oxygens (including phenoxy) is 3. The van der Waals surface area contributed by atoms with E-state index in [0.717, 1.165) is 50.6 Å². The fourth-order valence-corrected chi connectivity index (χ4v) is 6.02. The molecular weight excluding hydrogens is 744 g/mol. The molecule has 2 heterocycles. The van der Waals surface area contributed by atoms with Gasteiger partial charge >= 0.3 is 18.3 Å². The van der Waals surface area contributed by atoms with E-state index in [2.05, 4.69) is 41.0 Å². The zero-order chi connectivity index (χ0) is 41.4. The molecule has 2 unspecified atom stereocenters. The molecule has 2 amide bonds. The first-order valence-electron chi connectivity index (χ1n) is 19.2. The third kappa shape index (κ3) is 16.5. The highest BCUT2D eigenvalue weighted by molar-refractivity contribution is 6.29. The Bertz CT molecular complexity index is 1750. The minimum atomic E-state index is -4.61. The van der Waals surface area contributed by atoms with Gasteiger partial charge in [0.15, 0.2) is 12.4 Å². The number of nitrogens with zero attached hydrogens (tertiary/aromatic N) is 4. The summed E-state index contributed by atoms with van der Waals surface area (Å²) in [5, 5.41) is 11.6. The molecule has 3 aromatic rings. The molecule has 14 nitrogen and oxygen atoms in total. The maximum absolute atomic E-state index is 13.1. The molecule has 0 saturated carbocycles. The highest BCUT2D eigenvalue weighted by Gasteiger charge is 2.31. The summed E-state index contributed by atoms with van der Waals surface area (Å²) in [5.41, 5.74) is 1.08. The topological polar surface area (TPSA) is 169 Å². The number of rotatable bonds is 20. The summed E-state index contributed by atoms with van der Waals surface area (Å²) >= 11 is 0. The molecule has 2 aromatic carbocycles. The van der Waals surface area contributed by atoms with Crippen LogP contribution >= 0.6 is 0 Å². The molecule has 18 heteroatoms. The van der Waals surface area contributed by atoms with Crippen LogP contribution in [-0.4, -0.2) is 95.6 Å². The van der Waals surface area contributed by atoms with Gasteiger partial charge in [0, 0.05) is 24.3 Å². The minimum absolute atomic E-state index is 0.00773. The minimum Gasteiger partial charge on any atom is -0.494 e. The average molecular weight is 798 g/mol. The Morgan fingerprint density at radius 1 is 0.930 bits per heavy atom. The Balaban J connectivity index is 1.28. The van der Waals surface area contributed by atoms with E-state index in [1.165, 1.54) is 6.92 Å². The van der Waals surface area contributed by atoms with Gasteiger partial charge in [0.2, 0.25) is 19.3 Å². The van der Waals surface area contributed by atoms with Crippen molar-refractivity contribution in [3.8, 4) is 11.8 Å². The molecule has 0 bridgehead atoms. The number of ketones is 1. The van der Waals surface area contributed by atoms with E-state index in [1.807, 2.05) is 59.3 Å². The number of hydrogen-bond donors (Lipinski definition) is 4. The molecule has 57 heavy (non-hydrogen) atoms. The normalized spacial score (nSPS) is 15.2. The van der Waals surface area contributed by atoms with Gasteiger partial charge in [-0.1, -0.05) is 31.8 Å². The van der Waals surface area contributed by atoms with Gasteiger partial charge in [0.1, 0.15) is 11.4 Å². The van der Waals surface area contributed by atoms with E-state index in [1.54, 1.807) is 24.3 Å². The Morgan fingerprint density at radius 3 is 2.30 bits per heavy atom. The smallest absolute Gasteiger partial charge is 0.422 e. The van der Waals surface area contributed by atoms with Crippen molar-refractivity contribution in [1.82, 2.24) is 30.4 Å². The van der Waals surface area contributed by atoms with Crippen molar-refractivity contribution in [2.75, 3.05) is 43.5 Å². The largest absolute Gasteiger partial charge is 0.494 e. The fourth-order valence-electron chi connectivity index (χ4n) is 6.02. The first-order chi connectivity index (χ1) is 27.1. The van der Waals surface area contributed by atoms with Crippen LogP contribution in [0.2, 0.25) is 6.82 Å². The van der Waals surface area contributed by atoms with E-state index in [0.29, 0.717) is 36.7 Å². The van der Waals surface area contributed by atoms with E-state index >= 15 is 0 Å². The first kappa shape index (κ1) is 44.6. The number of alkyl carbamates (subject to hydrolysis) is 1. The quantitative estimate of drug-likeness (QED) is 0.0707. The third-order valence-electron chi connectivity index (χ3n) is 8.82. The van der Waals surface area contributed by atoms with E-state index in [-0.39, 0.29) is 30.1 Å². The molecule has 0 aliphatic carbocycles. The molecule has 1 aliphatic heterocycles.